The maximum absolute atomic E-state index is 10.6. The van der Waals surface area contributed by atoms with Gasteiger partial charge in [0, 0.05) is 6.54 Å². The average molecular weight is 197 g/mol. The molecular weight excluding hydrogens is 185 g/mol. The molecule has 0 atom stereocenters. The molecule has 0 fully saturated rings. The minimum atomic E-state index is -1.34. The number of carboxylic acids is 1. The van der Waals surface area contributed by atoms with Gasteiger partial charge in [-0.25, -0.2) is 0 Å². The van der Waals surface area contributed by atoms with E-state index in [4.69, 9.17) is 0 Å². The topological polar surface area (TPSA) is 69.2 Å². The van der Waals surface area contributed by atoms with Crippen LogP contribution in [0.2, 0.25) is 0 Å². The van der Waals surface area contributed by atoms with Crippen molar-refractivity contribution in [2.24, 2.45) is 5.92 Å². The van der Waals surface area contributed by atoms with Gasteiger partial charge in [0.1, 0.15) is 0 Å². The van der Waals surface area contributed by atoms with E-state index in [9.17, 15) is 14.7 Å². The molecule has 12 heavy (non-hydrogen) atoms. The molecule has 0 unspecified atom stereocenters. The summed E-state index contributed by atoms with van der Waals surface area (Å²) in [5.74, 6) is -1.49. The van der Waals surface area contributed by atoms with Gasteiger partial charge in [0.2, 0.25) is 5.91 Å². The van der Waals surface area contributed by atoms with Crippen LogP contribution < -0.4 is 61.8 Å². The second-order valence-corrected chi connectivity index (χ2v) is 2.75. The van der Waals surface area contributed by atoms with Crippen molar-refractivity contribution in [1.82, 2.24) is 5.32 Å². The minimum absolute atomic E-state index is 0. The molecule has 0 aromatic rings. The van der Waals surface area contributed by atoms with Crippen LogP contribution in [-0.2, 0) is 9.59 Å². The zero-order valence-corrected chi connectivity index (χ0v) is 10.8. The van der Waals surface area contributed by atoms with Gasteiger partial charge in [-0.2, -0.15) is 0 Å². The van der Waals surface area contributed by atoms with Gasteiger partial charge in [0.25, 0.3) is 0 Å². The summed E-state index contributed by atoms with van der Waals surface area (Å²) in [7, 11) is 0. The van der Waals surface area contributed by atoms with Crippen molar-refractivity contribution in [2.75, 3.05) is 6.54 Å². The van der Waals surface area contributed by atoms with Gasteiger partial charge < -0.3 is 15.2 Å². The summed E-state index contributed by atoms with van der Waals surface area (Å²) in [6.45, 7) is 4.37. The Bertz CT molecular complexity index is 159. The van der Waals surface area contributed by atoms with Crippen molar-refractivity contribution >= 4 is 11.9 Å². The van der Waals surface area contributed by atoms with Crippen molar-refractivity contribution < 1.29 is 66.1 Å². The number of hydrogen-bond acceptors (Lipinski definition) is 3. The van der Waals surface area contributed by atoms with Gasteiger partial charge in [-0.1, -0.05) is 13.8 Å². The molecule has 0 aliphatic carbocycles. The number of nitrogens with one attached hydrogen (secondary N) is 1. The van der Waals surface area contributed by atoms with Crippen LogP contribution in [-0.4, -0.2) is 18.4 Å². The van der Waals surface area contributed by atoms with Gasteiger partial charge in [0.15, 0.2) is 0 Å². The standard InChI is InChI=1S/C7H13NO3.K/c1-5(2)4-8-6(9)3-7(10)11;/h5H,3-4H2,1-2H3,(H,8,9)(H,10,11);/q;+1/p-1. The molecule has 0 aromatic carbocycles. The monoisotopic (exact) mass is 197 g/mol. The van der Waals surface area contributed by atoms with Crippen molar-refractivity contribution in [2.45, 2.75) is 20.3 Å². The van der Waals surface area contributed by atoms with E-state index >= 15 is 0 Å². The first-order valence-electron chi connectivity index (χ1n) is 3.49. The van der Waals surface area contributed by atoms with E-state index in [1.165, 1.54) is 0 Å². The van der Waals surface area contributed by atoms with Crippen LogP contribution in [0.4, 0.5) is 0 Å². The zero-order chi connectivity index (χ0) is 8.85. The molecule has 0 aliphatic heterocycles. The fourth-order valence-electron chi connectivity index (χ4n) is 0.512. The molecule has 0 heterocycles. The largest absolute Gasteiger partial charge is 1.00 e. The Morgan fingerprint density at radius 1 is 1.42 bits per heavy atom. The van der Waals surface area contributed by atoms with E-state index in [0.29, 0.717) is 12.5 Å². The van der Waals surface area contributed by atoms with Crippen LogP contribution in [0.3, 0.4) is 0 Å². The van der Waals surface area contributed by atoms with Gasteiger partial charge >= 0.3 is 51.4 Å². The summed E-state index contributed by atoms with van der Waals surface area (Å²) in [5.41, 5.74) is 0. The van der Waals surface area contributed by atoms with Crippen LogP contribution in [0.25, 0.3) is 0 Å². The number of rotatable bonds is 4. The van der Waals surface area contributed by atoms with Crippen LogP contribution in [0, 0.1) is 5.92 Å². The average Bonchev–Trinajstić information content (AvgIpc) is 1.82. The fourth-order valence-corrected chi connectivity index (χ4v) is 0.512. The second-order valence-electron chi connectivity index (χ2n) is 2.75. The third kappa shape index (κ3) is 10.6. The zero-order valence-electron chi connectivity index (χ0n) is 7.72. The van der Waals surface area contributed by atoms with Crippen LogP contribution >= 0.6 is 0 Å². The normalized spacial score (nSPS) is 8.92. The predicted octanol–water partition coefficient (Wildman–Crippen LogP) is -4.10. The van der Waals surface area contributed by atoms with Crippen LogP contribution in [0.1, 0.15) is 20.3 Å². The molecule has 0 aromatic heterocycles. The van der Waals surface area contributed by atoms with Gasteiger partial charge in [0.05, 0.1) is 12.4 Å². The first-order valence-corrected chi connectivity index (χ1v) is 3.49. The Kier molecular flexibility index (Phi) is 10.3. The van der Waals surface area contributed by atoms with E-state index in [0.717, 1.165) is 0 Å². The first kappa shape index (κ1) is 15.1. The summed E-state index contributed by atoms with van der Waals surface area (Å²) >= 11 is 0. The predicted molar refractivity (Wildman–Crippen MR) is 37.5 cm³/mol. The maximum atomic E-state index is 10.6. The maximum Gasteiger partial charge on any atom is 1.00 e. The Morgan fingerprint density at radius 3 is 2.25 bits per heavy atom. The molecule has 1 N–H and O–H groups in total. The summed E-state index contributed by atoms with van der Waals surface area (Å²) in [6, 6.07) is 0. The molecule has 0 radical (unpaired) electrons. The minimum Gasteiger partial charge on any atom is -0.550 e. The molecular formula is C7H12KNO3. The molecule has 64 valence electrons. The summed E-state index contributed by atoms with van der Waals surface area (Å²) < 4.78 is 0. The molecule has 5 heteroatoms. The number of carbonyl (C=O) groups excluding carboxylic acids is 2. The second kappa shape index (κ2) is 8.19. The third-order valence-corrected chi connectivity index (χ3v) is 1.01. The molecule has 0 aliphatic rings. The molecule has 0 saturated heterocycles. The number of carbonyl (C=O) groups is 2. The van der Waals surface area contributed by atoms with E-state index in [1.807, 2.05) is 13.8 Å². The smallest absolute Gasteiger partial charge is 0.550 e. The molecule has 0 bridgehead atoms. The molecule has 4 nitrogen and oxygen atoms in total. The van der Waals surface area contributed by atoms with Crippen molar-refractivity contribution in [3.8, 4) is 0 Å². The van der Waals surface area contributed by atoms with Gasteiger partial charge in [-0.05, 0) is 5.92 Å². The number of aliphatic carboxylic acids is 1. The van der Waals surface area contributed by atoms with Crippen molar-refractivity contribution in [3.05, 3.63) is 0 Å². The van der Waals surface area contributed by atoms with E-state index in [1.54, 1.807) is 0 Å². The summed E-state index contributed by atoms with van der Waals surface area (Å²) in [5, 5.41) is 12.3. The number of hydrogen-bond donors (Lipinski definition) is 1. The van der Waals surface area contributed by atoms with E-state index in [-0.39, 0.29) is 51.4 Å². The third-order valence-electron chi connectivity index (χ3n) is 1.01. The quantitative estimate of drug-likeness (QED) is 0.368. The molecule has 0 spiro atoms. The number of carboxylic acid groups (broad SMARTS) is 1. The fraction of sp³-hybridized carbons (Fsp3) is 0.714. The van der Waals surface area contributed by atoms with Gasteiger partial charge in [-0.3, -0.25) is 4.79 Å². The Labute approximate surface area is 115 Å². The summed E-state index contributed by atoms with van der Waals surface area (Å²) in [6.07, 6.45) is -0.549. The molecule has 0 saturated carbocycles. The van der Waals surface area contributed by atoms with Crippen LogP contribution in [0.5, 0.6) is 0 Å². The molecule has 1 amide bonds. The number of amides is 1. The van der Waals surface area contributed by atoms with E-state index in [2.05, 4.69) is 5.32 Å². The van der Waals surface area contributed by atoms with Crippen molar-refractivity contribution in [3.63, 3.8) is 0 Å². The van der Waals surface area contributed by atoms with Crippen LogP contribution in [0.15, 0.2) is 0 Å². The van der Waals surface area contributed by atoms with Gasteiger partial charge in [-0.15, -0.1) is 0 Å². The SMILES string of the molecule is CC(C)CNC(=O)CC(=O)[O-].[K+]. The van der Waals surface area contributed by atoms with Crippen molar-refractivity contribution in [1.29, 1.82) is 0 Å². The summed E-state index contributed by atoms with van der Waals surface area (Å²) in [4.78, 5) is 20.5. The Hall–Kier alpha value is 0.576. The first-order chi connectivity index (χ1) is 5.02. The Balaban J connectivity index is 0. The Morgan fingerprint density at radius 2 is 1.92 bits per heavy atom. The van der Waals surface area contributed by atoms with E-state index < -0.39 is 18.3 Å². The molecule has 0 rings (SSSR count).